The first-order chi connectivity index (χ1) is 18.7. The number of aromatic nitrogens is 2. The Morgan fingerprint density at radius 2 is 1.85 bits per heavy atom. The summed E-state index contributed by atoms with van der Waals surface area (Å²) in [4.78, 5) is 29.8. The molecule has 0 bridgehead atoms. The van der Waals surface area contributed by atoms with Crippen molar-refractivity contribution in [1.29, 1.82) is 0 Å². The third kappa shape index (κ3) is 7.84. The van der Waals surface area contributed by atoms with Gasteiger partial charge in [-0.05, 0) is 49.7 Å². The van der Waals surface area contributed by atoms with Crippen molar-refractivity contribution in [3.8, 4) is 17.1 Å². The van der Waals surface area contributed by atoms with Gasteiger partial charge >= 0.3 is 6.36 Å². The number of amides is 2. The Morgan fingerprint density at radius 1 is 1.08 bits per heavy atom. The van der Waals surface area contributed by atoms with Crippen LogP contribution in [0.3, 0.4) is 0 Å². The summed E-state index contributed by atoms with van der Waals surface area (Å²) in [6, 6.07) is 15.3. The monoisotopic (exact) mass is 538 g/mol. The van der Waals surface area contributed by atoms with Gasteiger partial charge in [-0.3, -0.25) is 9.59 Å². The van der Waals surface area contributed by atoms with Crippen LogP contribution in [0.5, 0.6) is 5.75 Å². The molecule has 2 aromatic heterocycles. The number of ether oxygens (including phenoxy) is 1. The van der Waals surface area contributed by atoms with Crippen LogP contribution in [0.25, 0.3) is 17.4 Å². The summed E-state index contributed by atoms with van der Waals surface area (Å²) in [5.41, 5.74) is 1.29. The first-order valence-electron chi connectivity index (χ1n) is 12.0. The lowest BCUT2D eigenvalue weighted by atomic mass is 10.1. The molecule has 2 aromatic carbocycles. The largest absolute Gasteiger partial charge is 0.573 e. The molecule has 4 aromatic rings. The van der Waals surface area contributed by atoms with Crippen molar-refractivity contribution in [1.82, 2.24) is 20.2 Å². The zero-order valence-corrected chi connectivity index (χ0v) is 20.9. The van der Waals surface area contributed by atoms with E-state index >= 15 is 0 Å². The van der Waals surface area contributed by atoms with E-state index in [0.717, 1.165) is 5.56 Å². The van der Waals surface area contributed by atoms with Gasteiger partial charge in [0.15, 0.2) is 0 Å². The highest BCUT2D eigenvalue weighted by atomic mass is 19.4. The van der Waals surface area contributed by atoms with E-state index in [1.165, 1.54) is 36.4 Å². The molecule has 0 saturated heterocycles. The quantitative estimate of drug-likeness (QED) is 0.210. The van der Waals surface area contributed by atoms with E-state index in [1.54, 1.807) is 49.1 Å². The Labute approximate surface area is 222 Å². The van der Waals surface area contributed by atoms with E-state index in [-0.39, 0.29) is 22.8 Å². The van der Waals surface area contributed by atoms with Gasteiger partial charge in [-0.1, -0.05) is 29.8 Å². The predicted octanol–water partition coefficient (Wildman–Crippen LogP) is 5.33. The SMILES string of the molecule is Cc1ccc(C(=O)NC(=Cc2ccc(-c3ccccc3OC(F)(F)F)o2)C(=O)NCCCn2ccnc2)cc1. The summed E-state index contributed by atoms with van der Waals surface area (Å²) in [6.45, 7) is 2.84. The van der Waals surface area contributed by atoms with Gasteiger partial charge in [0, 0.05) is 37.1 Å². The lowest BCUT2D eigenvalue weighted by molar-refractivity contribution is -0.274. The van der Waals surface area contributed by atoms with Crippen molar-refractivity contribution in [3.63, 3.8) is 0 Å². The highest BCUT2D eigenvalue weighted by Crippen LogP contribution is 2.34. The first kappa shape index (κ1) is 27.2. The number of halogens is 3. The van der Waals surface area contributed by atoms with Gasteiger partial charge in [0.25, 0.3) is 11.8 Å². The molecule has 2 amide bonds. The number of hydrogen-bond acceptors (Lipinski definition) is 5. The van der Waals surface area contributed by atoms with Crippen LogP contribution in [0.1, 0.15) is 28.1 Å². The summed E-state index contributed by atoms with van der Waals surface area (Å²) < 4.78 is 50.2. The second-order valence-corrected chi connectivity index (χ2v) is 8.53. The van der Waals surface area contributed by atoms with Gasteiger partial charge in [0.1, 0.15) is 23.0 Å². The van der Waals surface area contributed by atoms with Crippen LogP contribution in [0.2, 0.25) is 0 Å². The van der Waals surface area contributed by atoms with Crippen molar-refractivity contribution >= 4 is 17.9 Å². The van der Waals surface area contributed by atoms with E-state index in [1.807, 2.05) is 11.5 Å². The number of alkyl halides is 3. The third-order valence-electron chi connectivity index (χ3n) is 5.54. The van der Waals surface area contributed by atoms with E-state index in [9.17, 15) is 22.8 Å². The van der Waals surface area contributed by atoms with Crippen molar-refractivity contribution in [3.05, 3.63) is 102 Å². The average molecular weight is 539 g/mol. The van der Waals surface area contributed by atoms with Gasteiger partial charge in [0.05, 0.1) is 11.9 Å². The number of nitrogens with zero attached hydrogens (tertiary/aromatic N) is 2. The summed E-state index contributed by atoms with van der Waals surface area (Å²) in [6.07, 6.45) is 2.18. The third-order valence-corrected chi connectivity index (χ3v) is 5.54. The summed E-state index contributed by atoms with van der Waals surface area (Å²) in [5, 5.41) is 5.37. The number of furan rings is 1. The average Bonchev–Trinajstić information content (AvgIpc) is 3.58. The molecule has 0 aliphatic rings. The van der Waals surface area contributed by atoms with Gasteiger partial charge in [-0.15, -0.1) is 13.2 Å². The molecule has 0 aliphatic carbocycles. The van der Waals surface area contributed by atoms with E-state index in [0.29, 0.717) is 25.1 Å². The zero-order valence-electron chi connectivity index (χ0n) is 20.9. The number of hydrogen-bond donors (Lipinski definition) is 2. The first-order valence-corrected chi connectivity index (χ1v) is 12.0. The molecule has 2 N–H and O–H groups in total. The highest BCUT2D eigenvalue weighted by molar-refractivity contribution is 6.05. The minimum atomic E-state index is -4.88. The second kappa shape index (κ2) is 12.2. The Bertz CT molecular complexity index is 1440. The fraction of sp³-hybridized carbons (Fsp3) is 0.179. The molecule has 0 fully saturated rings. The van der Waals surface area contributed by atoms with Crippen molar-refractivity contribution in [2.24, 2.45) is 0 Å². The predicted molar refractivity (Wildman–Crippen MR) is 137 cm³/mol. The molecule has 8 nitrogen and oxygen atoms in total. The Kier molecular flexibility index (Phi) is 8.50. The molecule has 2 heterocycles. The Balaban J connectivity index is 1.54. The molecule has 0 spiro atoms. The topological polar surface area (TPSA) is 98.4 Å². The molecular weight excluding hydrogens is 513 g/mol. The molecule has 4 rings (SSSR count). The lowest BCUT2D eigenvalue weighted by Gasteiger charge is -2.12. The van der Waals surface area contributed by atoms with E-state index in [2.05, 4.69) is 20.4 Å². The number of carbonyl (C=O) groups is 2. The normalized spacial score (nSPS) is 11.7. The molecule has 0 unspecified atom stereocenters. The van der Waals surface area contributed by atoms with Crippen LogP contribution in [0, 0.1) is 6.92 Å². The fourth-order valence-electron chi connectivity index (χ4n) is 3.64. The van der Waals surface area contributed by atoms with E-state index < -0.39 is 23.9 Å². The summed E-state index contributed by atoms with van der Waals surface area (Å²) in [7, 11) is 0. The van der Waals surface area contributed by atoms with Crippen LogP contribution in [-0.2, 0) is 11.3 Å². The standard InChI is InChI=1S/C28H25F3N4O4/c1-19-7-9-20(10-8-19)26(36)34-23(27(37)33-13-4-15-35-16-14-32-18-35)17-21-11-12-24(38-21)22-5-2-3-6-25(22)39-28(29,30)31/h2-3,5-12,14,16-18H,4,13,15H2,1H3,(H,33,37)(H,34,36). The maximum Gasteiger partial charge on any atom is 0.573 e. The number of para-hydroxylation sites is 1. The van der Waals surface area contributed by atoms with Gasteiger partial charge in [0.2, 0.25) is 0 Å². The van der Waals surface area contributed by atoms with Crippen LogP contribution >= 0.6 is 0 Å². The van der Waals surface area contributed by atoms with Gasteiger partial charge in [-0.2, -0.15) is 0 Å². The lowest BCUT2D eigenvalue weighted by Crippen LogP contribution is -2.35. The van der Waals surface area contributed by atoms with Gasteiger partial charge < -0.3 is 24.4 Å². The maximum atomic E-state index is 13.0. The van der Waals surface area contributed by atoms with Crippen molar-refractivity contribution in [2.45, 2.75) is 26.3 Å². The second-order valence-electron chi connectivity index (χ2n) is 8.53. The fourth-order valence-corrected chi connectivity index (χ4v) is 3.64. The molecule has 0 radical (unpaired) electrons. The Hall–Kier alpha value is -4.80. The number of rotatable bonds is 10. The van der Waals surface area contributed by atoms with E-state index in [4.69, 9.17) is 4.42 Å². The van der Waals surface area contributed by atoms with Crippen molar-refractivity contribution in [2.75, 3.05) is 6.54 Å². The highest BCUT2D eigenvalue weighted by Gasteiger charge is 2.32. The van der Waals surface area contributed by atoms with Crippen LogP contribution in [-0.4, -0.2) is 34.3 Å². The number of imidazole rings is 1. The summed E-state index contributed by atoms with van der Waals surface area (Å²) >= 11 is 0. The maximum absolute atomic E-state index is 13.0. The molecule has 11 heteroatoms. The minimum absolute atomic E-state index is 0.0728. The zero-order chi connectivity index (χ0) is 27.8. The number of aryl methyl sites for hydroxylation is 2. The van der Waals surface area contributed by atoms with Crippen molar-refractivity contribution < 1.29 is 31.9 Å². The minimum Gasteiger partial charge on any atom is -0.457 e. The number of benzene rings is 2. The molecule has 202 valence electrons. The molecular formula is C28H25F3N4O4. The van der Waals surface area contributed by atoms with Crippen LogP contribution in [0.15, 0.2) is 89.5 Å². The Morgan fingerprint density at radius 3 is 2.56 bits per heavy atom. The number of nitrogens with one attached hydrogen (secondary N) is 2. The smallest absolute Gasteiger partial charge is 0.457 e. The van der Waals surface area contributed by atoms with Gasteiger partial charge in [-0.25, -0.2) is 4.98 Å². The van der Waals surface area contributed by atoms with Crippen LogP contribution < -0.4 is 15.4 Å². The number of carbonyl (C=O) groups excluding carboxylic acids is 2. The van der Waals surface area contributed by atoms with Crippen LogP contribution in [0.4, 0.5) is 13.2 Å². The molecule has 0 saturated carbocycles. The molecule has 39 heavy (non-hydrogen) atoms. The molecule has 0 atom stereocenters. The molecule has 0 aliphatic heterocycles. The summed E-state index contributed by atoms with van der Waals surface area (Å²) in [5.74, 6) is -1.27.